The summed E-state index contributed by atoms with van der Waals surface area (Å²) in [5, 5.41) is 8.27. The van der Waals surface area contributed by atoms with Gasteiger partial charge in [-0.25, -0.2) is 9.07 Å². The van der Waals surface area contributed by atoms with Gasteiger partial charge in [0, 0.05) is 16.7 Å². The molecule has 39 heavy (non-hydrogen) atoms. The Bertz CT molecular complexity index is 1500. The molecule has 0 saturated heterocycles. The Hall–Kier alpha value is -4.21. The van der Waals surface area contributed by atoms with E-state index in [1.165, 1.54) is 34.6 Å². The topological polar surface area (TPSA) is 60.2 Å². The average Bonchev–Trinajstić information content (AvgIpc) is 3.37. The number of ether oxygens (including phenoxy) is 1. The van der Waals surface area contributed by atoms with Gasteiger partial charge < -0.3 is 9.64 Å². The monoisotopic (exact) mass is 538 g/mol. The number of nitrogens with zero attached hydrogens (tertiary/aromatic N) is 4. The number of carbonyl (C=O) groups excluding carboxylic acids is 1. The van der Waals surface area contributed by atoms with Crippen LogP contribution in [0.2, 0.25) is 0 Å². The molecule has 1 amide bonds. The molecule has 0 radical (unpaired) electrons. The molecular weight excluding hydrogens is 512 g/mol. The second kappa shape index (κ2) is 10.5. The Balaban J connectivity index is 1.46. The quantitative estimate of drug-likeness (QED) is 0.267. The molecule has 1 aliphatic rings. The second-order valence-electron chi connectivity index (χ2n) is 9.38. The number of carbonyl (C=O) groups is 1. The lowest BCUT2D eigenvalue weighted by atomic mass is 10.00. The fraction of sp³-hybridized carbons (Fsp3) is 0.276. The third-order valence-electron chi connectivity index (χ3n) is 6.94. The average molecular weight is 539 g/mol. The summed E-state index contributed by atoms with van der Waals surface area (Å²) in [5.41, 5.74) is 4.17. The largest absolute Gasteiger partial charge is 0.496 e. The number of benzene rings is 3. The minimum atomic E-state index is -4.67. The van der Waals surface area contributed by atoms with Gasteiger partial charge in [0.05, 0.1) is 19.0 Å². The lowest BCUT2D eigenvalue weighted by Gasteiger charge is -2.26. The van der Waals surface area contributed by atoms with Gasteiger partial charge in [-0.1, -0.05) is 48.5 Å². The molecule has 0 saturated carbocycles. The standard InChI is InChI=1S/C29H26F4N4O2/c1-3-18-7-9-19(10-8-18)21-12-11-20(15-27(21)39-2)24-16-37(35-34-24)26-14-13-22-23(30)5-4-6-25(22)36(28(26)38)17-29(31,32)33/h4-12,15-16,26H,3,13-14,17H2,1-2H3. The van der Waals surface area contributed by atoms with Gasteiger partial charge in [-0.2, -0.15) is 13.2 Å². The summed E-state index contributed by atoms with van der Waals surface area (Å²) in [4.78, 5) is 14.0. The van der Waals surface area contributed by atoms with Crippen molar-refractivity contribution in [3.63, 3.8) is 0 Å². The van der Waals surface area contributed by atoms with Crippen LogP contribution in [-0.4, -0.2) is 40.7 Å². The van der Waals surface area contributed by atoms with Gasteiger partial charge in [0.25, 0.3) is 5.91 Å². The molecule has 10 heteroatoms. The van der Waals surface area contributed by atoms with E-state index in [-0.39, 0.29) is 24.1 Å². The van der Waals surface area contributed by atoms with Crippen molar-refractivity contribution < 1.29 is 27.1 Å². The Morgan fingerprint density at radius 2 is 1.79 bits per heavy atom. The molecule has 1 unspecified atom stereocenters. The van der Waals surface area contributed by atoms with Crippen molar-refractivity contribution in [2.45, 2.75) is 38.4 Å². The highest BCUT2D eigenvalue weighted by atomic mass is 19.4. The van der Waals surface area contributed by atoms with Crippen LogP contribution < -0.4 is 9.64 Å². The third-order valence-corrected chi connectivity index (χ3v) is 6.94. The summed E-state index contributed by atoms with van der Waals surface area (Å²) in [6, 6.07) is 16.4. The van der Waals surface area contributed by atoms with Crippen molar-refractivity contribution in [1.82, 2.24) is 15.0 Å². The van der Waals surface area contributed by atoms with Crippen molar-refractivity contribution in [3.05, 3.63) is 83.8 Å². The number of halogens is 4. The van der Waals surface area contributed by atoms with E-state index in [4.69, 9.17) is 4.74 Å². The molecule has 1 aromatic heterocycles. The van der Waals surface area contributed by atoms with Crippen LogP contribution in [0.4, 0.5) is 23.2 Å². The Morgan fingerprint density at radius 3 is 2.49 bits per heavy atom. The number of fused-ring (bicyclic) bond motifs is 1. The lowest BCUT2D eigenvalue weighted by molar-refractivity contribution is -0.134. The molecule has 3 aromatic carbocycles. The number of alkyl halides is 3. The molecule has 0 N–H and O–H groups in total. The summed E-state index contributed by atoms with van der Waals surface area (Å²) >= 11 is 0. The summed E-state index contributed by atoms with van der Waals surface area (Å²) in [7, 11) is 1.57. The molecule has 0 aliphatic carbocycles. The fourth-order valence-corrected chi connectivity index (χ4v) is 4.91. The normalized spacial score (nSPS) is 15.7. The highest BCUT2D eigenvalue weighted by Gasteiger charge is 2.40. The van der Waals surface area contributed by atoms with Gasteiger partial charge in [-0.3, -0.25) is 4.79 Å². The number of aromatic nitrogens is 3. The number of hydrogen-bond acceptors (Lipinski definition) is 4. The molecule has 4 aromatic rings. The highest BCUT2D eigenvalue weighted by Crippen LogP contribution is 2.37. The molecule has 0 fully saturated rings. The number of hydrogen-bond donors (Lipinski definition) is 0. The minimum absolute atomic E-state index is 0.0694. The predicted molar refractivity (Wildman–Crippen MR) is 139 cm³/mol. The van der Waals surface area contributed by atoms with Crippen LogP contribution in [0.15, 0.2) is 66.9 Å². The number of rotatable bonds is 6. The van der Waals surface area contributed by atoms with Gasteiger partial charge >= 0.3 is 6.18 Å². The first-order valence-electron chi connectivity index (χ1n) is 12.5. The van der Waals surface area contributed by atoms with Crippen LogP contribution in [0.5, 0.6) is 5.75 Å². The van der Waals surface area contributed by atoms with E-state index in [1.54, 1.807) is 13.2 Å². The summed E-state index contributed by atoms with van der Waals surface area (Å²) < 4.78 is 61.7. The molecule has 0 bridgehead atoms. The van der Waals surface area contributed by atoms with Crippen molar-refractivity contribution in [3.8, 4) is 28.1 Å². The summed E-state index contributed by atoms with van der Waals surface area (Å²) in [6.07, 6.45) is -2.08. The highest BCUT2D eigenvalue weighted by molar-refractivity contribution is 5.97. The molecule has 1 aliphatic heterocycles. The SMILES string of the molecule is CCc1ccc(-c2ccc(-c3cn(C4CCc5c(F)cccc5N(CC(F)(F)F)C4=O)nn3)cc2OC)cc1. The number of amides is 1. The zero-order valence-corrected chi connectivity index (χ0v) is 21.4. The smallest absolute Gasteiger partial charge is 0.406 e. The van der Waals surface area contributed by atoms with Crippen LogP contribution in [-0.2, 0) is 17.6 Å². The Kier molecular flexibility index (Phi) is 7.12. The summed E-state index contributed by atoms with van der Waals surface area (Å²) in [5.74, 6) is -0.861. The predicted octanol–water partition coefficient (Wildman–Crippen LogP) is 6.41. The van der Waals surface area contributed by atoms with Crippen molar-refractivity contribution in [2.24, 2.45) is 0 Å². The van der Waals surface area contributed by atoms with Gasteiger partial charge in [0.1, 0.15) is 29.8 Å². The molecule has 1 atom stereocenters. The molecule has 202 valence electrons. The van der Waals surface area contributed by atoms with Crippen LogP contribution in [0.25, 0.3) is 22.4 Å². The molecule has 6 nitrogen and oxygen atoms in total. The van der Waals surface area contributed by atoms with Crippen molar-refractivity contribution >= 4 is 11.6 Å². The first-order chi connectivity index (χ1) is 18.7. The fourth-order valence-electron chi connectivity index (χ4n) is 4.91. The first kappa shape index (κ1) is 26.4. The number of methoxy groups -OCH3 is 1. The second-order valence-corrected chi connectivity index (χ2v) is 9.38. The summed E-state index contributed by atoms with van der Waals surface area (Å²) in [6.45, 7) is 0.559. The molecule has 2 heterocycles. The molecule has 5 rings (SSSR count). The van der Waals surface area contributed by atoms with E-state index in [0.29, 0.717) is 21.9 Å². The first-order valence-corrected chi connectivity index (χ1v) is 12.5. The van der Waals surface area contributed by atoms with Crippen LogP contribution in [0.1, 0.15) is 30.5 Å². The van der Waals surface area contributed by atoms with E-state index < -0.39 is 30.5 Å². The third kappa shape index (κ3) is 5.36. The Labute approximate surface area is 222 Å². The van der Waals surface area contributed by atoms with Crippen molar-refractivity contribution in [2.75, 3.05) is 18.6 Å². The van der Waals surface area contributed by atoms with Gasteiger partial charge in [-0.15, -0.1) is 5.10 Å². The zero-order chi connectivity index (χ0) is 27.7. The number of anilines is 1. The van der Waals surface area contributed by atoms with E-state index in [1.807, 2.05) is 24.3 Å². The molecular formula is C29H26F4N4O2. The van der Waals surface area contributed by atoms with E-state index in [0.717, 1.165) is 17.5 Å². The van der Waals surface area contributed by atoms with Crippen LogP contribution >= 0.6 is 0 Å². The van der Waals surface area contributed by atoms with Crippen molar-refractivity contribution in [1.29, 1.82) is 0 Å². The van der Waals surface area contributed by atoms with Gasteiger partial charge in [-0.05, 0) is 54.7 Å². The Morgan fingerprint density at radius 1 is 1.05 bits per heavy atom. The number of aryl methyl sites for hydroxylation is 1. The molecule has 0 spiro atoms. The van der Waals surface area contributed by atoms with Gasteiger partial charge in [0.15, 0.2) is 0 Å². The maximum atomic E-state index is 14.5. The van der Waals surface area contributed by atoms with E-state index >= 15 is 0 Å². The van der Waals surface area contributed by atoms with E-state index in [9.17, 15) is 22.4 Å². The van der Waals surface area contributed by atoms with Crippen LogP contribution in [0, 0.1) is 5.82 Å². The van der Waals surface area contributed by atoms with Gasteiger partial charge in [0.2, 0.25) is 0 Å². The van der Waals surface area contributed by atoms with Crippen LogP contribution in [0.3, 0.4) is 0 Å². The maximum absolute atomic E-state index is 14.5. The lowest BCUT2D eigenvalue weighted by Crippen LogP contribution is -2.42. The zero-order valence-electron chi connectivity index (χ0n) is 21.4. The minimum Gasteiger partial charge on any atom is -0.496 e. The van der Waals surface area contributed by atoms with E-state index in [2.05, 4.69) is 29.4 Å². The maximum Gasteiger partial charge on any atom is 0.406 e.